The molecule has 2 bridgehead atoms. The second kappa shape index (κ2) is 3.19. The summed E-state index contributed by atoms with van der Waals surface area (Å²) >= 11 is 0. The highest BCUT2D eigenvalue weighted by Gasteiger charge is 2.38. The van der Waals surface area contributed by atoms with Crippen molar-refractivity contribution in [2.24, 2.45) is 23.5 Å². The van der Waals surface area contributed by atoms with Crippen LogP contribution in [-0.2, 0) is 0 Å². The van der Waals surface area contributed by atoms with Crippen molar-refractivity contribution < 1.29 is 5.11 Å². The molecule has 12 heavy (non-hydrogen) atoms. The van der Waals surface area contributed by atoms with Crippen LogP contribution in [0, 0.1) is 17.8 Å². The van der Waals surface area contributed by atoms with Crippen molar-refractivity contribution in [2.45, 2.75) is 25.4 Å². The largest absolute Gasteiger partial charge is 0.393 e. The van der Waals surface area contributed by atoms with Crippen molar-refractivity contribution in [1.82, 2.24) is 0 Å². The van der Waals surface area contributed by atoms with Crippen LogP contribution >= 0.6 is 0 Å². The van der Waals surface area contributed by atoms with Crippen LogP contribution in [0.3, 0.4) is 0 Å². The molecule has 0 radical (unpaired) electrons. The lowest BCUT2D eigenvalue weighted by Crippen LogP contribution is -2.26. The fraction of sp³-hybridized carbons (Fsp3) is 0.800. The maximum Gasteiger partial charge on any atom is 0.0586 e. The molecular formula is C10H17NO. The van der Waals surface area contributed by atoms with E-state index in [1.165, 1.54) is 12.8 Å². The van der Waals surface area contributed by atoms with Gasteiger partial charge in [-0.2, -0.15) is 0 Å². The van der Waals surface area contributed by atoms with Crippen molar-refractivity contribution in [3.05, 3.63) is 12.2 Å². The third kappa shape index (κ3) is 1.29. The molecule has 1 saturated carbocycles. The lowest BCUT2D eigenvalue weighted by molar-refractivity contribution is 0.0875. The van der Waals surface area contributed by atoms with E-state index in [-0.39, 0.29) is 6.10 Å². The van der Waals surface area contributed by atoms with Crippen LogP contribution in [0.4, 0.5) is 0 Å². The van der Waals surface area contributed by atoms with Crippen LogP contribution in [0.1, 0.15) is 19.3 Å². The number of fused-ring (bicyclic) bond motifs is 2. The van der Waals surface area contributed by atoms with E-state index in [1.807, 2.05) is 0 Å². The first-order chi connectivity index (χ1) is 5.81. The number of hydrogen-bond acceptors (Lipinski definition) is 2. The molecule has 0 saturated heterocycles. The minimum Gasteiger partial charge on any atom is -0.393 e. The van der Waals surface area contributed by atoms with Gasteiger partial charge in [0.15, 0.2) is 0 Å². The zero-order valence-corrected chi connectivity index (χ0v) is 7.32. The molecule has 0 aromatic heterocycles. The summed E-state index contributed by atoms with van der Waals surface area (Å²) < 4.78 is 0. The van der Waals surface area contributed by atoms with Gasteiger partial charge in [-0.05, 0) is 43.6 Å². The number of nitrogens with two attached hydrogens (primary N) is 1. The van der Waals surface area contributed by atoms with Crippen molar-refractivity contribution in [1.29, 1.82) is 0 Å². The maximum atomic E-state index is 9.76. The lowest BCUT2D eigenvalue weighted by atomic mass is 9.87. The van der Waals surface area contributed by atoms with E-state index < -0.39 is 0 Å². The Hall–Kier alpha value is -0.340. The van der Waals surface area contributed by atoms with Gasteiger partial charge in [0.1, 0.15) is 0 Å². The molecule has 0 heterocycles. The number of aliphatic hydroxyl groups excluding tert-OH is 1. The zero-order chi connectivity index (χ0) is 8.55. The average Bonchev–Trinajstić information content (AvgIpc) is 2.64. The topological polar surface area (TPSA) is 46.2 Å². The third-order valence-electron chi connectivity index (χ3n) is 3.29. The highest BCUT2D eigenvalue weighted by atomic mass is 16.3. The van der Waals surface area contributed by atoms with Gasteiger partial charge in [0.2, 0.25) is 0 Å². The molecule has 68 valence electrons. The van der Waals surface area contributed by atoms with Crippen LogP contribution in [0.5, 0.6) is 0 Å². The Kier molecular flexibility index (Phi) is 2.20. The lowest BCUT2D eigenvalue weighted by Gasteiger charge is -2.23. The second-order valence-corrected chi connectivity index (χ2v) is 4.09. The zero-order valence-electron chi connectivity index (χ0n) is 7.32. The van der Waals surface area contributed by atoms with Crippen LogP contribution < -0.4 is 5.73 Å². The summed E-state index contributed by atoms with van der Waals surface area (Å²) in [5, 5.41) is 9.76. The summed E-state index contributed by atoms with van der Waals surface area (Å²) in [6.45, 7) is 0.610. The first-order valence-corrected chi connectivity index (χ1v) is 4.87. The highest BCUT2D eigenvalue weighted by Crippen LogP contribution is 2.45. The molecule has 2 aliphatic rings. The smallest absolute Gasteiger partial charge is 0.0586 e. The monoisotopic (exact) mass is 167 g/mol. The molecule has 2 rings (SSSR count). The van der Waals surface area contributed by atoms with Gasteiger partial charge in [0.25, 0.3) is 0 Å². The predicted molar refractivity (Wildman–Crippen MR) is 48.5 cm³/mol. The molecule has 1 fully saturated rings. The van der Waals surface area contributed by atoms with Crippen molar-refractivity contribution >= 4 is 0 Å². The van der Waals surface area contributed by atoms with E-state index in [1.54, 1.807) is 0 Å². The Bertz CT molecular complexity index is 190. The summed E-state index contributed by atoms with van der Waals surface area (Å²) in [4.78, 5) is 0. The van der Waals surface area contributed by atoms with E-state index in [4.69, 9.17) is 5.73 Å². The number of rotatable bonds is 3. The molecule has 3 N–H and O–H groups in total. The Balaban J connectivity index is 1.93. The molecule has 2 aliphatic carbocycles. The summed E-state index contributed by atoms with van der Waals surface area (Å²) in [6, 6.07) is 0. The molecule has 3 unspecified atom stereocenters. The third-order valence-corrected chi connectivity index (χ3v) is 3.29. The van der Waals surface area contributed by atoms with Crippen molar-refractivity contribution in [2.75, 3.05) is 6.54 Å². The molecule has 4 atom stereocenters. The molecule has 0 spiro atoms. The van der Waals surface area contributed by atoms with Gasteiger partial charge in [0, 0.05) is 0 Å². The molecule has 0 aromatic rings. The van der Waals surface area contributed by atoms with E-state index >= 15 is 0 Å². The second-order valence-electron chi connectivity index (χ2n) is 4.09. The molecule has 0 amide bonds. The Morgan fingerprint density at radius 1 is 1.42 bits per heavy atom. The summed E-state index contributed by atoms with van der Waals surface area (Å²) in [6.07, 6.45) is 7.64. The molecular weight excluding hydrogens is 150 g/mol. The quantitative estimate of drug-likeness (QED) is 0.614. The summed E-state index contributed by atoms with van der Waals surface area (Å²) in [7, 11) is 0. The van der Waals surface area contributed by atoms with Gasteiger partial charge < -0.3 is 10.8 Å². The molecule has 0 aromatic carbocycles. The first-order valence-electron chi connectivity index (χ1n) is 4.87. The van der Waals surface area contributed by atoms with Crippen LogP contribution in [-0.4, -0.2) is 17.8 Å². The highest BCUT2D eigenvalue weighted by molar-refractivity contribution is 5.11. The number of hydrogen-bond donors (Lipinski definition) is 2. The van der Waals surface area contributed by atoms with Crippen LogP contribution in [0.25, 0.3) is 0 Å². The minimum atomic E-state index is -0.157. The van der Waals surface area contributed by atoms with Crippen molar-refractivity contribution in [3.63, 3.8) is 0 Å². The summed E-state index contributed by atoms with van der Waals surface area (Å²) in [5.41, 5.74) is 5.42. The van der Waals surface area contributed by atoms with Gasteiger partial charge in [0.05, 0.1) is 6.10 Å². The Morgan fingerprint density at radius 2 is 2.25 bits per heavy atom. The van der Waals surface area contributed by atoms with E-state index in [0.29, 0.717) is 18.4 Å². The normalized spacial score (nSPS) is 40.7. The first kappa shape index (κ1) is 8.27. The number of allylic oxidation sites excluding steroid dienone is 2. The molecule has 2 nitrogen and oxygen atoms in total. The minimum absolute atomic E-state index is 0.157. The van der Waals surface area contributed by atoms with Crippen LogP contribution in [0.15, 0.2) is 12.2 Å². The van der Waals surface area contributed by atoms with Crippen LogP contribution in [0.2, 0.25) is 0 Å². The fourth-order valence-corrected chi connectivity index (χ4v) is 2.65. The van der Waals surface area contributed by atoms with Crippen molar-refractivity contribution in [3.8, 4) is 0 Å². The van der Waals surface area contributed by atoms with Gasteiger partial charge in [-0.3, -0.25) is 0 Å². The van der Waals surface area contributed by atoms with E-state index in [0.717, 1.165) is 12.3 Å². The SMILES string of the molecule is NCC[C@H](O)C1CC2C=CC1C2. The van der Waals surface area contributed by atoms with E-state index in [9.17, 15) is 5.11 Å². The average molecular weight is 167 g/mol. The fourth-order valence-electron chi connectivity index (χ4n) is 2.65. The predicted octanol–water partition coefficient (Wildman–Crippen LogP) is 0.908. The molecule has 2 heteroatoms. The molecule has 0 aliphatic heterocycles. The Labute approximate surface area is 73.5 Å². The maximum absolute atomic E-state index is 9.76. The van der Waals surface area contributed by atoms with Gasteiger partial charge >= 0.3 is 0 Å². The standard InChI is InChI=1S/C10H17NO/c11-4-3-10(12)9-6-7-1-2-8(9)5-7/h1-2,7-10,12H,3-6,11H2/t7?,8?,9?,10-/m0/s1. The van der Waals surface area contributed by atoms with Gasteiger partial charge in [-0.25, -0.2) is 0 Å². The summed E-state index contributed by atoms with van der Waals surface area (Å²) in [5.74, 6) is 1.91. The van der Waals surface area contributed by atoms with Gasteiger partial charge in [-0.1, -0.05) is 12.2 Å². The Morgan fingerprint density at radius 3 is 2.75 bits per heavy atom. The van der Waals surface area contributed by atoms with E-state index in [2.05, 4.69) is 12.2 Å². The number of aliphatic hydroxyl groups is 1. The van der Waals surface area contributed by atoms with Gasteiger partial charge in [-0.15, -0.1) is 0 Å².